The Morgan fingerprint density at radius 2 is 1.89 bits per heavy atom. The normalized spacial score (nSPS) is 10.7. The third-order valence-corrected chi connectivity index (χ3v) is 2.49. The van der Waals surface area contributed by atoms with Gasteiger partial charge in [-0.25, -0.2) is 4.79 Å². The number of rotatable bonds is 6. The van der Waals surface area contributed by atoms with E-state index in [4.69, 9.17) is 5.11 Å². The average Bonchev–Trinajstić information content (AvgIpc) is 2.32. The minimum absolute atomic E-state index is 0.0176. The van der Waals surface area contributed by atoms with Crippen LogP contribution in [0.5, 0.6) is 0 Å². The highest BCUT2D eigenvalue weighted by Gasteiger charge is 2.28. The van der Waals surface area contributed by atoms with Gasteiger partial charge < -0.3 is 20.1 Å². The number of nitrogens with zero attached hydrogens (tertiary/aromatic N) is 1. The van der Waals surface area contributed by atoms with Gasteiger partial charge in [-0.15, -0.1) is 0 Å². The maximum atomic E-state index is 11.6. The second-order valence-electron chi connectivity index (χ2n) is 4.60. The summed E-state index contributed by atoms with van der Waals surface area (Å²) in [6.45, 7) is 3.27. The van der Waals surface area contributed by atoms with Gasteiger partial charge in [0.05, 0.1) is 18.9 Å². The quantitative estimate of drug-likeness (QED) is 0.670. The summed E-state index contributed by atoms with van der Waals surface area (Å²) in [7, 11) is 2.80. The molecule has 7 nitrogen and oxygen atoms in total. The zero-order chi connectivity index (χ0) is 14.3. The van der Waals surface area contributed by atoms with Gasteiger partial charge in [0.1, 0.15) is 0 Å². The zero-order valence-electron chi connectivity index (χ0n) is 11.1. The Morgan fingerprint density at radius 3 is 2.33 bits per heavy atom. The molecular formula is C11H20N2O5. The first kappa shape index (κ1) is 16.2. The number of carbonyl (C=O) groups is 3. The molecule has 0 fully saturated rings. The number of methoxy groups -OCH3 is 1. The Bertz CT molecular complexity index is 327. The molecule has 0 aromatic rings. The predicted octanol–water partition coefficient (Wildman–Crippen LogP) is 0.302. The fourth-order valence-corrected chi connectivity index (χ4v) is 0.970. The lowest BCUT2D eigenvalue weighted by Gasteiger charge is -2.22. The van der Waals surface area contributed by atoms with Gasteiger partial charge in [-0.2, -0.15) is 0 Å². The van der Waals surface area contributed by atoms with E-state index < -0.39 is 23.4 Å². The van der Waals surface area contributed by atoms with Crippen molar-refractivity contribution in [1.29, 1.82) is 0 Å². The lowest BCUT2D eigenvalue weighted by Crippen LogP contribution is -2.44. The first-order chi connectivity index (χ1) is 8.20. The summed E-state index contributed by atoms with van der Waals surface area (Å²) < 4.78 is 4.45. The van der Waals surface area contributed by atoms with E-state index in [-0.39, 0.29) is 19.5 Å². The van der Waals surface area contributed by atoms with Gasteiger partial charge >= 0.3 is 18.0 Å². The molecule has 0 radical (unpaired) electrons. The molecule has 0 spiro atoms. The van der Waals surface area contributed by atoms with Gasteiger partial charge in [-0.3, -0.25) is 9.59 Å². The number of carboxylic acids is 1. The Kier molecular flexibility index (Phi) is 6.15. The topological polar surface area (TPSA) is 95.9 Å². The van der Waals surface area contributed by atoms with Gasteiger partial charge in [0.25, 0.3) is 0 Å². The van der Waals surface area contributed by atoms with Gasteiger partial charge in [0.15, 0.2) is 0 Å². The third kappa shape index (κ3) is 5.51. The molecule has 104 valence electrons. The highest BCUT2D eigenvalue weighted by atomic mass is 16.5. The smallest absolute Gasteiger partial charge is 0.317 e. The third-order valence-electron chi connectivity index (χ3n) is 2.49. The van der Waals surface area contributed by atoms with Gasteiger partial charge in [-0.05, 0) is 13.8 Å². The number of nitrogens with one attached hydrogen (secondary N) is 1. The van der Waals surface area contributed by atoms with E-state index in [1.165, 1.54) is 32.9 Å². The molecule has 0 bridgehead atoms. The summed E-state index contributed by atoms with van der Waals surface area (Å²) in [5.41, 5.74) is -1.03. The monoisotopic (exact) mass is 260 g/mol. The van der Waals surface area contributed by atoms with Crippen LogP contribution in [0.4, 0.5) is 4.79 Å². The van der Waals surface area contributed by atoms with Crippen LogP contribution >= 0.6 is 0 Å². The van der Waals surface area contributed by atoms with Crippen molar-refractivity contribution in [3.05, 3.63) is 0 Å². The summed E-state index contributed by atoms with van der Waals surface area (Å²) in [4.78, 5) is 34.6. The van der Waals surface area contributed by atoms with Crippen LogP contribution < -0.4 is 5.32 Å². The number of esters is 1. The first-order valence-corrected chi connectivity index (χ1v) is 5.50. The number of amides is 2. The molecule has 0 atom stereocenters. The molecule has 0 aliphatic carbocycles. The minimum atomic E-state index is -1.03. The van der Waals surface area contributed by atoms with Crippen molar-refractivity contribution in [3.63, 3.8) is 0 Å². The number of urea groups is 1. The lowest BCUT2D eigenvalue weighted by atomic mass is 9.94. The molecule has 0 rings (SSSR count). The van der Waals surface area contributed by atoms with E-state index in [9.17, 15) is 14.4 Å². The molecule has 0 aliphatic rings. The van der Waals surface area contributed by atoms with E-state index in [1.54, 1.807) is 0 Å². The lowest BCUT2D eigenvalue weighted by molar-refractivity contribution is -0.146. The SMILES string of the molecule is COC(=O)CCN(C)C(=O)NCC(C)(C)C(=O)O. The van der Waals surface area contributed by atoms with Crippen LogP contribution in [0.15, 0.2) is 0 Å². The van der Waals surface area contributed by atoms with Crippen LogP contribution in [0.3, 0.4) is 0 Å². The number of carbonyl (C=O) groups excluding carboxylic acids is 2. The van der Waals surface area contributed by atoms with Crippen molar-refractivity contribution < 1.29 is 24.2 Å². The van der Waals surface area contributed by atoms with Crippen LogP contribution in [-0.4, -0.2) is 55.2 Å². The summed E-state index contributed by atoms with van der Waals surface area (Å²) in [5.74, 6) is -1.39. The molecule has 0 unspecified atom stereocenters. The fraction of sp³-hybridized carbons (Fsp3) is 0.727. The van der Waals surface area contributed by atoms with Gasteiger partial charge in [0, 0.05) is 20.1 Å². The molecule has 2 amide bonds. The molecule has 0 saturated heterocycles. The van der Waals surface area contributed by atoms with E-state index in [0.717, 1.165) is 0 Å². The highest BCUT2D eigenvalue weighted by molar-refractivity contribution is 5.78. The van der Waals surface area contributed by atoms with Crippen molar-refractivity contribution in [3.8, 4) is 0 Å². The average molecular weight is 260 g/mol. The standard InChI is InChI=1S/C11H20N2O5/c1-11(2,9(15)16)7-12-10(17)13(3)6-5-8(14)18-4/h5-7H2,1-4H3,(H,12,17)(H,15,16). The van der Waals surface area contributed by atoms with Crippen LogP contribution in [0.2, 0.25) is 0 Å². The van der Waals surface area contributed by atoms with Crippen molar-refractivity contribution >= 4 is 18.0 Å². The number of hydrogen-bond donors (Lipinski definition) is 2. The van der Waals surface area contributed by atoms with Crippen LogP contribution in [0, 0.1) is 5.41 Å². The summed E-state index contributed by atoms with van der Waals surface area (Å²) >= 11 is 0. The molecule has 0 heterocycles. The Balaban J connectivity index is 4.10. The molecule has 7 heteroatoms. The van der Waals surface area contributed by atoms with Crippen LogP contribution in [0.1, 0.15) is 20.3 Å². The predicted molar refractivity (Wildman–Crippen MR) is 64.1 cm³/mol. The van der Waals surface area contributed by atoms with E-state index in [2.05, 4.69) is 10.1 Å². The van der Waals surface area contributed by atoms with Gasteiger partial charge in [-0.1, -0.05) is 0 Å². The number of carboxylic acid groups (broad SMARTS) is 1. The second-order valence-corrected chi connectivity index (χ2v) is 4.60. The number of aliphatic carboxylic acids is 1. The van der Waals surface area contributed by atoms with Crippen molar-refractivity contribution in [2.24, 2.45) is 5.41 Å². The molecule has 2 N–H and O–H groups in total. The van der Waals surface area contributed by atoms with Crippen LogP contribution in [-0.2, 0) is 14.3 Å². The molecule has 18 heavy (non-hydrogen) atoms. The first-order valence-electron chi connectivity index (χ1n) is 5.50. The fourth-order valence-electron chi connectivity index (χ4n) is 0.970. The summed E-state index contributed by atoms with van der Waals surface area (Å²) in [5, 5.41) is 11.4. The van der Waals surface area contributed by atoms with Crippen molar-refractivity contribution in [2.75, 3.05) is 27.2 Å². The Hall–Kier alpha value is -1.79. The van der Waals surface area contributed by atoms with E-state index >= 15 is 0 Å². The zero-order valence-corrected chi connectivity index (χ0v) is 11.1. The Morgan fingerprint density at radius 1 is 1.33 bits per heavy atom. The summed E-state index contributed by atoms with van der Waals surface area (Å²) in [6, 6.07) is -0.423. The van der Waals surface area contributed by atoms with Crippen LogP contribution in [0.25, 0.3) is 0 Å². The second kappa shape index (κ2) is 6.83. The highest BCUT2D eigenvalue weighted by Crippen LogP contribution is 2.13. The maximum Gasteiger partial charge on any atom is 0.317 e. The molecule has 0 aliphatic heterocycles. The van der Waals surface area contributed by atoms with Crippen molar-refractivity contribution in [1.82, 2.24) is 10.2 Å². The van der Waals surface area contributed by atoms with Crippen molar-refractivity contribution in [2.45, 2.75) is 20.3 Å². The maximum absolute atomic E-state index is 11.6. The van der Waals surface area contributed by atoms with E-state index in [0.29, 0.717) is 0 Å². The molecule has 0 aromatic heterocycles. The summed E-state index contributed by atoms with van der Waals surface area (Å²) in [6.07, 6.45) is 0.0999. The van der Waals surface area contributed by atoms with Gasteiger partial charge in [0.2, 0.25) is 0 Å². The molecule has 0 aromatic carbocycles. The molecule has 0 saturated carbocycles. The van der Waals surface area contributed by atoms with E-state index in [1.807, 2.05) is 0 Å². The number of hydrogen-bond acceptors (Lipinski definition) is 4. The minimum Gasteiger partial charge on any atom is -0.481 e. The Labute approximate surface area is 106 Å². The molecular weight excluding hydrogens is 240 g/mol. The number of ether oxygens (including phenoxy) is 1. The largest absolute Gasteiger partial charge is 0.481 e.